The molecule has 9 nitrogen and oxygen atoms in total. The second-order valence-corrected chi connectivity index (χ2v) is 8.11. The van der Waals surface area contributed by atoms with Crippen LogP contribution in [0.5, 0.6) is 17.2 Å². The molecule has 0 fully saturated rings. The van der Waals surface area contributed by atoms with E-state index >= 15 is 0 Å². The summed E-state index contributed by atoms with van der Waals surface area (Å²) in [6, 6.07) is 15.6. The molecule has 0 spiro atoms. The van der Waals surface area contributed by atoms with E-state index in [9.17, 15) is 14.4 Å². The van der Waals surface area contributed by atoms with Gasteiger partial charge in [-0.25, -0.2) is 10.2 Å². The molecule has 0 heterocycles. The molecule has 0 aromatic heterocycles. The van der Waals surface area contributed by atoms with Crippen molar-refractivity contribution in [2.75, 3.05) is 19.5 Å². The number of amides is 2. The Morgan fingerprint density at radius 3 is 2.03 bits per heavy atom. The average Bonchev–Trinajstić information content (AvgIpc) is 2.86. The summed E-state index contributed by atoms with van der Waals surface area (Å²) < 4.78 is 15.9. The molecule has 2 N–H and O–H groups in total. The van der Waals surface area contributed by atoms with Crippen molar-refractivity contribution in [1.29, 1.82) is 0 Å². The summed E-state index contributed by atoms with van der Waals surface area (Å²) in [6.07, 6.45) is 0. The maximum atomic E-state index is 12.5. The number of nitrogens with zero attached hydrogens (tertiary/aromatic N) is 1. The van der Waals surface area contributed by atoms with Crippen LogP contribution in [0.15, 0.2) is 65.8 Å². The molecule has 186 valence electrons. The number of halogens is 2. The number of carbonyl (C=O) groups is 3. The predicted molar refractivity (Wildman–Crippen MR) is 136 cm³/mol. The normalized spacial score (nSPS) is 10.9. The molecule has 3 rings (SSSR count). The zero-order chi connectivity index (χ0) is 26.2. The minimum Gasteiger partial charge on any atom is -0.497 e. The highest BCUT2D eigenvalue weighted by Crippen LogP contribution is 2.29. The van der Waals surface area contributed by atoms with E-state index < -0.39 is 17.8 Å². The molecule has 0 unspecified atom stereocenters. The summed E-state index contributed by atoms with van der Waals surface area (Å²) in [5.74, 6) is -1.45. The summed E-state index contributed by atoms with van der Waals surface area (Å²) in [5, 5.41) is 6.95. The highest BCUT2D eigenvalue weighted by atomic mass is 35.5. The van der Waals surface area contributed by atoms with Crippen LogP contribution in [0.2, 0.25) is 10.0 Å². The fourth-order valence-electron chi connectivity index (χ4n) is 2.93. The molecule has 36 heavy (non-hydrogen) atoms. The summed E-state index contributed by atoms with van der Waals surface area (Å²) >= 11 is 11.8. The molecule has 0 saturated heterocycles. The van der Waals surface area contributed by atoms with Gasteiger partial charge in [0.1, 0.15) is 5.75 Å². The molecule has 0 atom stereocenters. The molecule has 3 aromatic carbocycles. The van der Waals surface area contributed by atoms with Crippen molar-refractivity contribution in [2.24, 2.45) is 5.10 Å². The number of rotatable bonds is 7. The molecular weight excluding hydrogens is 509 g/mol. The number of nitrogens with one attached hydrogen (secondary N) is 2. The number of hydrogen-bond donors (Lipinski definition) is 2. The molecule has 3 aromatic rings. The van der Waals surface area contributed by atoms with Crippen molar-refractivity contribution in [2.45, 2.75) is 6.92 Å². The minimum atomic E-state index is -0.998. The summed E-state index contributed by atoms with van der Waals surface area (Å²) in [7, 11) is 2.95. The van der Waals surface area contributed by atoms with Crippen molar-refractivity contribution >= 4 is 52.4 Å². The Bertz CT molecular complexity index is 1310. The van der Waals surface area contributed by atoms with E-state index in [4.69, 9.17) is 37.4 Å². The molecule has 0 aliphatic rings. The third kappa shape index (κ3) is 6.97. The van der Waals surface area contributed by atoms with Crippen molar-refractivity contribution in [3.63, 3.8) is 0 Å². The van der Waals surface area contributed by atoms with Gasteiger partial charge in [0.2, 0.25) is 0 Å². The third-order valence-corrected chi connectivity index (χ3v) is 5.20. The molecule has 0 aliphatic carbocycles. The lowest BCUT2D eigenvalue weighted by molar-refractivity contribution is -0.136. The van der Waals surface area contributed by atoms with Gasteiger partial charge in [0.05, 0.1) is 25.5 Å². The van der Waals surface area contributed by atoms with Gasteiger partial charge in [-0.3, -0.25) is 9.59 Å². The van der Waals surface area contributed by atoms with Gasteiger partial charge in [-0.2, -0.15) is 5.10 Å². The molecule has 0 bridgehead atoms. The van der Waals surface area contributed by atoms with Crippen LogP contribution in [0.25, 0.3) is 0 Å². The van der Waals surface area contributed by atoms with E-state index in [0.717, 1.165) is 0 Å². The second kappa shape index (κ2) is 12.1. The summed E-state index contributed by atoms with van der Waals surface area (Å²) in [4.78, 5) is 36.7. The van der Waals surface area contributed by atoms with Gasteiger partial charge in [-0.15, -0.1) is 0 Å². The van der Waals surface area contributed by atoms with Crippen molar-refractivity contribution in [1.82, 2.24) is 5.43 Å². The lowest BCUT2D eigenvalue weighted by Crippen LogP contribution is -2.32. The molecule has 0 aliphatic heterocycles. The molecule has 0 saturated carbocycles. The molecular formula is C25H21Cl2N3O6. The van der Waals surface area contributed by atoms with Crippen LogP contribution in [0.4, 0.5) is 5.69 Å². The van der Waals surface area contributed by atoms with Crippen LogP contribution in [0, 0.1) is 0 Å². The Balaban J connectivity index is 1.66. The van der Waals surface area contributed by atoms with Gasteiger partial charge in [0.25, 0.3) is 0 Å². The zero-order valence-corrected chi connectivity index (χ0v) is 20.9. The van der Waals surface area contributed by atoms with E-state index in [1.54, 1.807) is 43.3 Å². The quantitative estimate of drug-likeness (QED) is 0.150. The Morgan fingerprint density at radius 2 is 1.42 bits per heavy atom. The number of hydrogen-bond acceptors (Lipinski definition) is 7. The average molecular weight is 530 g/mol. The van der Waals surface area contributed by atoms with E-state index in [1.165, 1.54) is 38.5 Å². The fourth-order valence-corrected chi connectivity index (χ4v) is 3.45. The first-order valence-corrected chi connectivity index (χ1v) is 11.1. The Hall–Kier alpha value is -4.08. The minimum absolute atomic E-state index is 0.193. The number of ether oxygens (including phenoxy) is 3. The van der Waals surface area contributed by atoms with Crippen LogP contribution in [0.1, 0.15) is 22.8 Å². The van der Waals surface area contributed by atoms with E-state index in [0.29, 0.717) is 32.6 Å². The Morgan fingerprint density at radius 1 is 0.778 bits per heavy atom. The first-order chi connectivity index (χ1) is 17.2. The lowest BCUT2D eigenvalue weighted by Gasteiger charge is -2.11. The summed E-state index contributed by atoms with van der Waals surface area (Å²) in [6.45, 7) is 1.62. The van der Waals surface area contributed by atoms with Crippen molar-refractivity contribution in [3.05, 3.63) is 81.8 Å². The van der Waals surface area contributed by atoms with E-state index in [2.05, 4.69) is 15.8 Å². The van der Waals surface area contributed by atoms with Gasteiger partial charge in [-0.1, -0.05) is 23.2 Å². The first kappa shape index (κ1) is 26.5. The number of methoxy groups -OCH3 is 2. The molecule has 11 heteroatoms. The number of anilines is 1. The Labute approximate surface area is 216 Å². The maximum Gasteiger partial charge on any atom is 0.343 e. The Kier molecular flexibility index (Phi) is 8.88. The van der Waals surface area contributed by atoms with Crippen molar-refractivity contribution < 1.29 is 28.6 Å². The number of benzene rings is 3. The second-order valence-electron chi connectivity index (χ2n) is 7.23. The molecule has 0 radical (unpaired) electrons. The van der Waals surface area contributed by atoms with Crippen LogP contribution in [0.3, 0.4) is 0 Å². The number of esters is 1. The van der Waals surface area contributed by atoms with Crippen LogP contribution in [-0.4, -0.2) is 37.7 Å². The number of carbonyl (C=O) groups excluding carboxylic acids is 3. The van der Waals surface area contributed by atoms with E-state index in [-0.39, 0.29) is 17.2 Å². The highest BCUT2D eigenvalue weighted by molar-refractivity contribution is 6.40. The maximum absolute atomic E-state index is 12.5. The zero-order valence-electron chi connectivity index (χ0n) is 19.4. The predicted octanol–water partition coefficient (Wildman–Crippen LogP) is 4.71. The highest BCUT2D eigenvalue weighted by Gasteiger charge is 2.16. The first-order valence-electron chi connectivity index (χ1n) is 10.4. The third-order valence-electron chi connectivity index (χ3n) is 4.76. The van der Waals surface area contributed by atoms with E-state index in [1.807, 2.05) is 0 Å². The van der Waals surface area contributed by atoms with Gasteiger partial charge >= 0.3 is 17.8 Å². The SMILES string of the molecule is COc1ccc(C(=O)Oc2ccc(/C(C)=N/NC(=O)C(=O)Nc3cc(Cl)cc(Cl)c3)cc2OC)cc1. The standard InChI is InChI=1S/C25H21Cl2N3O6/c1-14(29-30-24(32)23(31)28-19-12-17(26)11-18(27)13-19)16-6-9-21(22(10-16)35-3)36-25(33)15-4-7-20(34-2)8-5-15/h4-13H,1-3H3,(H,28,31)(H,30,32)/b29-14+. The van der Waals surface area contributed by atoms with Gasteiger partial charge in [0.15, 0.2) is 11.5 Å². The number of hydrazone groups is 1. The van der Waals surface area contributed by atoms with Gasteiger partial charge < -0.3 is 19.5 Å². The largest absolute Gasteiger partial charge is 0.497 e. The fraction of sp³-hybridized carbons (Fsp3) is 0.120. The van der Waals surface area contributed by atoms with Crippen LogP contribution in [-0.2, 0) is 9.59 Å². The topological polar surface area (TPSA) is 115 Å². The van der Waals surface area contributed by atoms with Crippen LogP contribution >= 0.6 is 23.2 Å². The van der Waals surface area contributed by atoms with Gasteiger partial charge in [-0.05, 0) is 67.6 Å². The summed E-state index contributed by atoms with van der Waals surface area (Å²) in [5.41, 5.74) is 3.70. The van der Waals surface area contributed by atoms with Crippen LogP contribution < -0.4 is 25.0 Å². The molecule has 2 amide bonds. The monoisotopic (exact) mass is 529 g/mol. The lowest BCUT2D eigenvalue weighted by atomic mass is 10.1. The van der Waals surface area contributed by atoms with Crippen molar-refractivity contribution in [3.8, 4) is 17.2 Å². The smallest absolute Gasteiger partial charge is 0.343 e. The van der Waals surface area contributed by atoms with Gasteiger partial charge in [0, 0.05) is 21.3 Å².